The Bertz CT molecular complexity index is 978. The summed E-state index contributed by atoms with van der Waals surface area (Å²) < 4.78 is 5.32. The van der Waals surface area contributed by atoms with Crippen LogP contribution in [0, 0.1) is 6.92 Å². The summed E-state index contributed by atoms with van der Waals surface area (Å²) in [5, 5.41) is 1.17. The number of fused-ring (bicyclic) bond motifs is 1. The van der Waals surface area contributed by atoms with E-state index in [9.17, 15) is 9.59 Å². The lowest BCUT2D eigenvalue weighted by molar-refractivity contribution is 0.0319. The predicted octanol–water partition coefficient (Wildman–Crippen LogP) is 4.14. The monoisotopic (exact) mass is 356 g/mol. The number of ketones is 1. The van der Waals surface area contributed by atoms with Gasteiger partial charge in [-0.15, -0.1) is 0 Å². The highest BCUT2D eigenvalue weighted by Crippen LogP contribution is 2.25. The summed E-state index contributed by atoms with van der Waals surface area (Å²) in [4.78, 5) is 28.2. The first-order valence-electron chi connectivity index (χ1n) is 7.76. The van der Waals surface area contributed by atoms with Crippen LogP contribution in [0.3, 0.4) is 0 Å². The molecule has 5 nitrogen and oxygen atoms in total. The highest BCUT2D eigenvalue weighted by Gasteiger charge is 2.25. The number of esters is 1. The normalized spacial score (nSPS) is 12.1. The molecule has 0 bridgehead atoms. The Morgan fingerprint density at radius 2 is 1.92 bits per heavy atom. The molecule has 0 fully saturated rings. The number of halogens is 1. The maximum absolute atomic E-state index is 12.8. The molecule has 0 saturated carbocycles. The second-order valence-corrected chi connectivity index (χ2v) is 6.23. The average molecular weight is 357 g/mol. The second kappa shape index (κ2) is 6.61. The first kappa shape index (κ1) is 17.0. The molecule has 128 valence electrons. The van der Waals surface area contributed by atoms with Crippen molar-refractivity contribution in [1.82, 2.24) is 4.98 Å². The average Bonchev–Trinajstić information content (AvgIpc) is 2.92. The zero-order valence-electron chi connectivity index (χ0n) is 13.8. The van der Waals surface area contributed by atoms with Gasteiger partial charge in [0.15, 0.2) is 6.10 Å². The van der Waals surface area contributed by atoms with Gasteiger partial charge in [0, 0.05) is 22.2 Å². The van der Waals surface area contributed by atoms with Crippen LogP contribution in [0.4, 0.5) is 5.69 Å². The molecule has 1 atom stereocenters. The van der Waals surface area contributed by atoms with Crippen LogP contribution in [0.2, 0.25) is 5.02 Å². The Labute approximate surface area is 149 Å². The minimum Gasteiger partial charge on any atom is -0.451 e. The maximum Gasteiger partial charge on any atom is 0.338 e. The number of aryl methyl sites for hydroxylation is 1. The first-order chi connectivity index (χ1) is 11.9. The van der Waals surface area contributed by atoms with Gasteiger partial charge in [-0.2, -0.15) is 0 Å². The molecule has 2 aromatic carbocycles. The summed E-state index contributed by atoms with van der Waals surface area (Å²) in [5.74, 6) is -0.882. The molecule has 0 aliphatic carbocycles. The molecular formula is C19H17ClN2O3. The summed E-state index contributed by atoms with van der Waals surface area (Å²) >= 11 is 5.85. The van der Waals surface area contributed by atoms with Crippen molar-refractivity contribution in [2.75, 3.05) is 5.73 Å². The van der Waals surface area contributed by atoms with Gasteiger partial charge in [-0.25, -0.2) is 4.79 Å². The van der Waals surface area contributed by atoms with Crippen LogP contribution in [-0.4, -0.2) is 22.8 Å². The number of carbonyl (C=O) groups is 2. The standard InChI is InChI=1S/C19H17ClN2O3/c1-10-17(13-5-3-4-6-16(13)22-10)18(23)11(2)25-19(24)12-7-8-14(20)15(21)9-12/h3-9,11,22H,21H2,1-2H3/t11-/m0/s1. The third kappa shape index (κ3) is 3.23. The van der Waals surface area contributed by atoms with Gasteiger partial charge in [-0.3, -0.25) is 4.79 Å². The third-order valence-electron chi connectivity index (χ3n) is 4.02. The molecule has 0 spiro atoms. The van der Waals surface area contributed by atoms with E-state index >= 15 is 0 Å². The van der Waals surface area contributed by atoms with Crippen LogP contribution in [0.5, 0.6) is 0 Å². The van der Waals surface area contributed by atoms with E-state index in [1.165, 1.54) is 18.2 Å². The van der Waals surface area contributed by atoms with Gasteiger partial charge in [-0.1, -0.05) is 29.8 Å². The van der Waals surface area contributed by atoms with Gasteiger partial charge in [0.25, 0.3) is 0 Å². The number of nitrogens with two attached hydrogens (primary N) is 1. The number of anilines is 1. The van der Waals surface area contributed by atoms with Crippen molar-refractivity contribution >= 4 is 39.9 Å². The number of para-hydroxylation sites is 1. The van der Waals surface area contributed by atoms with Crippen LogP contribution in [0.25, 0.3) is 10.9 Å². The number of carbonyl (C=O) groups excluding carboxylic acids is 2. The number of aromatic nitrogens is 1. The summed E-state index contributed by atoms with van der Waals surface area (Å²) in [5.41, 5.74) is 8.37. The Hall–Kier alpha value is -2.79. The van der Waals surface area contributed by atoms with Gasteiger partial charge in [0.05, 0.1) is 16.3 Å². The van der Waals surface area contributed by atoms with Gasteiger partial charge >= 0.3 is 5.97 Å². The van der Waals surface area contributed by atoms with Crippen LogP contribution < -0.4 is 5.73 Å². The van der Waals surface area contributed by atoms with Crippen LogP contribution >= 0.6 is 11.6 Å². The molecule has 6 heteroatoms. The molecule has 0 amide bonds. The lowest BCUT2D eigenvalue weighted by Crippen LogP contribution is -2.25. The Morgan fingerprint density at radius 3 is 2.64 bits per heavy atom. The molecule has 1 heterocycles. The summed E-state index contributed by atoms with van der Waals surface area (Å²) in [6.45, 7) is 3.38. The van der Waals surface area contributed by atoms with Crippen molar-refractivity contribution in [2.45, 2.75) is 20.0 Å². The Kier molecular flexibility index (Phi) is 4.51. The third-order valence-corrected chi connectivity index (χ3v) is 4.37. The molecule has 0 aliphatic rings. The minimum atomic E-state index is -0.928. The van der Waals surface area contributed by atoms with E-state index in [0.717, 1.165) is 16.6 Å². The van der Waals surface area contributed by atoms with Crippen molar-refractivity contribution in [1.29, 1.82) is 0 Å². The molecule has 0 unspecified atom stereocenters. The minimum absolute atomic E-state index is 0.247. The highest BCUT2D eigenvalue weighted by atomic mass is 35.5. The number of rotatable bonds is 4. The lowest BCUT2D eigenvalue weighted by Gasteiger charge is -2.13. The summed E-state index contributed by atoms with van der Waals surface area (Å²) in [6, 6.07) is 12.0. The molecule has 0 radical (unpaired) electrons. The first-order valence-corrected chi connectivity index (χ1v) is 8.14. The quantitative estimate of drug-likeness (QED) is 0.418. The fraction of sp³-hybridized carbons (Fsp3) is 0.158. The number of hydrogen-bond acceptors (Lipinski definition) is 4. The highest BCUT2D eigenvalue weighted by molar-refractivity contribution is 6.33. The Balaban J connectivity index is 1.83. The molecule has 0 saturated heterocycles. The van der Waals surface area contributed by atoms with E-state index in [0.29, 0.717) is 10.6 Å². The molecule has 25 heavy (non-hydrogen) atoms. The molecule has 3 aromatic rings. The summed E-state index contributed by atoms with van der Waals surface area (Å²) in [7, 11) is 0. The van der Waals surface area contributed by atoms with Crippen molar-refractivity contribution < 1.29 is 14.3 Å². The molecule has 1 aromatic heterocycles. The van der Waals surface area contributed by atoms with E-state index in [4.69, 9.17) is 22.1 Å². The van der Waals surface area contributed by atoms with E-state index in [-0.39, 0.29) is 17.0 Å². The van der Waals surface area contributed by atoms with Gasteiger partial charge in [-0.05, 0) is 38.1 Å². The van der Waals surface area contributed by atoms with Crippen LogP contribution in [0.1, 0.15) is 33.3 Å². The van der Waals surface area contributed by atoms with E-state index in [1.807, 2.05) is 31.2 Å². The topological polar surface area (TPSA) is 85.2 Å². The zero-order chi connectivity index (χ0) is 18.1. The van der Waals surface area contributed by atoms with Crippen LogP contribution in [0.15, 0.2) is 42.5 Å². The van der Waals surface area contributed by atoms with Crippen LogP contribution in [-0.2, 0) is 4.74 Å². The largest absolute Gasteiger partial charge is 0.451 e. The van der Waals surface area contributed by atoms with E-state index in [1.54, 1.807) is 6.92 Å². The molecular weight excluding hydrogens is 340 g/mol. The number of nitrogens with one attached hydrogen (secondary N) is 1. The van der Waals surface area contributed by atoms with Crippen molar-refractivity contribution in [2.24, 2.45) is 0 Å². The fourth-order valence-electron chi connectivity index (χ4n) is 2.75. The SMILES string of the molecule is Cc1[nH]c2ccccc2c1C(=O)[C@H](C)OC(=O)c1ccc(Cl)c(N)c1. The van der Waals surface area contributed by atoms with Crippen molar-refractivity contribution in [3.05, 3.63) is 64.3 Å². The molecule has 3 N–H and O–H groups in total. The fourth-order valence-corrected chi connectivity index (χ4v) is 2.87. The van der Waals surface area contributed by atoms with Gasteiger partial charge in [0.1, 0.15) is 0 Å². The number of aromatic amines is 1. The number of benzene rings is 2. The predicted molar refractivity (Wildman–Crippen MR) is 98.1 cm³/mol. The molecule has 0 aliphatic heterocycles. The number of hydrogen-bond donors (Lipinski definition) is 2. The molecule has 3 rings (SSSR count). The van der Waals surface area contributed by atoms with Gasteiger partial charge < -0.3 is 15.5 Å². The zero-order valence-corrected chi connectivity index (χ0v) is 14.6. The van der Waals surface area contributed by atoms with Crippen molar-refractivity contribution in [3.63, 3.8) is 0 Å². The smallest absolute Gasteiger partial charge is 0.338 e. The number of Topliss-reactive ketones (excluding diaryl/α,β-unsaturated/α-hetero) is 1. The number of nitrogen functional groups attached to an aromatic ring is 1. The lowest BCUT2D eigenvalue weighted by atomic mass is 10.0. The Morgan fingerprint density at radius 1 is 1.20 bits per heavy atom. The number of ether oxygens (including phenoxy) is 1. The van der Waals surface area contributed by atoms with Crippen molar-refractivity contribution in [3.8, 4) is 0 Å². The summed E-state index contributed by atoms with van der Waals surface area (Å²) in [6.07, 6.45) is -0.928. The van der Waals surface area contributed by atoms with Gasteiger partial charge in [0.2, 0.25) is 5.78 Å². The van der Waals surface area contributed by atoms with E-state index in [2.05, 4.69) is 4.98 Å². The maximum atomic E-state index is 12.8. The van der Waals surface area contributed by atoms with E-state index < -0.39 is 12.1 Å². The number of H-pyrrole nitrogens is 1. The second-order valence-electron chi connectivity index (χ2n) is 5.82.